The van der Waals surface area contributed by atoms with Crippen LogP contribution in [0.5, 0.6) is 0 Å². The molecule has 1 atom stereocenters. The highest BCUT2D eigenvalue weighted by atomic mass is 16.2. The van der Waals surface area contributed by atoms with Crippen molar-refractivity contribution in [3.63, 3.8) is 0 Å². The lowest BCUT2D eigenvalue weighted by Crippen LogP contribution is -2.44. The van der Waals surface area contributed by atoms with E-state index in [-0.39, 0.29) is 18.4 Å². The summed E-state index contributed by atoms with van der Waals surface area (Å²) in [4.78, 5) is 38.3. The zero-order valence-electron chi connectivity index (χ0n) is 16.1. The highest BCUT2D eigenvalue weighted by Crippen LogP contribution is 2.24. The molecule has 0 saturated carbocycles. The van der Waals surface area contributed by atoms with Crippen LogP contribution in [-0.4, -0.2) is 34.8 Å². The van der Waals surface area contributed by atoms with Crippen molar-refractivity contribution < 1.29 is 14.4 Å². The SMILES string of the molecule is CCCCCCC1(C)NC(=O)N(CC(=O)Nc2c(C)cccc2C)C1=O. The molecule has 2 N–H and O–H groups in total. The van der Waals surface area contributed by atoms with Crippen molar-refractivity contribution in [2.75, 3.05) is 11.9 Å². The Morgan fingerprint density at radius 3 is 2.42 bits per heavy atom. The first-order valence-corrected chi connectivity index (χ1v) is 9.28. The van der Waals surface area contributed by atoms with Crippen molar-refractivity contribution >= 4 is 23.5 Å². The maximum atomic E-state index is 12.7. The molecule has 1 aliphatic rings. The third kappa shape index (κ3) is 4.42. The molecule has 142 valence electrons. The maximum Gasteiger partial charge on any atom is 0.325 e. The standard InChI is InChI=1S/C20H29N3O3/c1-5-6-7-8-12-20(4)18(25)23(19(26)22-20)13-16(24)21-17-14(2)10-9-11-15(17)3/h9-11H,5-8,12-13H2,1-4H3,(H,21,24)(H,22,26). The highest BCUT2D eigenvalue weighted by Gasteiger charge is 2.47. The number of hydrogen-bond acceptors (Lipinski definition) is 3. The van der Waals surface area contributed by atoms with Crippen molar-refractivity contribution in [2.45, 2.75) is 65.3 Å². The highest BCUT2D eigenvalue weighted by molar-refractivity contribution is 6.10. The summed E-state index contributed by atoms with van der Waals surface area (Å²) in [6.45, 7) is 7.40. The van der Waals surface area contributed by atoms with Gasteiger partial charge in [0.15, 0.2) is 0 Å². The lowest BCUT2D eigenvalue weighted by molar-refractivity contribution is -0.133. The van der Waals surface area contributed by atoms with Gasteiger partial charge in [-0.2, -0.15) is 0 Å². The summed E-state index contributed by atoms with van der Waals surface area (Å²) < 4.78 is 0. The second kappa shape index (κ2) is 8.34. The van der Waals surface area contributed by atoms with E-state index in [1.54, 1.807) is 6.92 Å². The van der Waals surface area contributed by atoms with Crippen molar-refractivity contribution in [1.82, 2.24) is 10.2 Å². The van der Waals surface area contributed by atoms with Gasteiger partial charge in [0.1, 0.15) is 12.1 Å². The summed E-state index contributed by atoms with van der Waals surface area (Å²) in [5.41, 5.74) is 1.70. The van der Waals surface area contributed by atoms with E-state index < -0.39 is 11.6 Å². The summed E-state index contributed by atoms with van der Waals surface area (Å²) in [6.07, 6.45) is 4.72. The fourth-order valence-electron chi connectivity index (χ4n) is 3.30. The minimum Gasteiger partial charge on any atom is -0.324 e. The van der Waals surface area contributed by atoms with Gasteiger partial charge in [0.05, 0.1) is 0 Å². The number of unbranched alkanes of at least 4 members (excludes halogenated alkanes) is 3. The number of nitrogens with zero attached hydrogens (tertiary/aromatic N) is 1. The number of aryl methyl sites for hydroxylation is 2. The Morgan fingerprint density at radius 2 is 1.81 bits per heavy atom. The number of imide groups is 1. The molecule has 4 amide bonds. The van der Waals surface area contributed by atoms with E-state index in [1.165, 1.54) is 0 Å². The van der Waals surface area contributed by atoms with Gasteiger partial charge < -0.3 is 10.6 Å². The number of anilines is 1. The van der Waals surface area contributed by atoms with E-state index in [1.807, 2.05) is 32.0 Å². The van der Waals surface area contributed by atoms with Gasteiger partial charge >= 0.3 is 6.03 Å². The summed E-state index contributed by atoms with van der Waals surface area (Å²) in [6, 6.07) is 5.24. The number of para-hydroxylation sites is 1. The van der Waals surface area contributed by atoms with Gasteiger partial charge in [0, 0.05) is 5.69 Å². The largest absolute Gasteiger partial charge is 0.325 e. The zero-order chi connectivity index (χ0) is 19.3. The topological polar surface area (TPSA) is 78.5 Å². The van der Waals surface area contributed by atoms with Crippen LogP contribution < -0.4 is 10.6 Å². The number of amides is 4. The molecule has 1 unspecified atom stereocenters. The molecule has 0 aromatic heterocycles. The van der Waals surface area contributed by atoms with Crippen LogP contribution in [0.4, 0.5) is 10.5 Å². The lowest BCUT2D eigenvalue weighted by Gasteiger charge is -2.21. The van der Waals surface area contributed by atoms with E-state index in [9.17, 15) is 14.4 Å². The molecule has 26 heavy (non-hydrogen) atoms. The van der Waals surface area contributed by atoms with E-state index in [2.05, 4.69) is 17.6 Å². The lowest BCUT2D eigenvalue weighted by atomic mass is 9.94. The molecule has 1 aromatic carbocycles. The molecule has 1 fully saturated rings. The number of rotatable bonds is 8. The minimum atomic E-state index is -0.913. The van der Waals surface area contributed by atoms with Gasteiger partial charge in [-0.05, 0) is 38.3 Å². The van der Waals surface area contributed by atoms with Gasteiger partial charge in [-0.15, -0.1) is 0 Å². The number of urea groups is 1. The molecule has 0 aliphatic carbocycles. The van der Waals surface area contributed by atoms with Gasteiger partial charge in [-0.3, -0.25) is 14.5 Å². The molecule has 6 heteroatoms. The summed E-state index contributed by atoms with van der Waals surface area (Å²) in [5, 5.41) is 5.58. The van der Waals surface area contributed by atoms with Gasteiger partial charge in [-0.25, -0.2) is 4.79 Å². The van der Waals surface area contributed by atoms with Crippen LogP contribution in [-0.2, 0) is 9.59 Å². The van der Waals surface area contributed by atoms with Crippen molar-refractivity contribution in [3.05, 3.63) is 29.3 Å². The number of carbonyl (C=O) groups excluding carboxylic acids is 3. The first-order chi connectivity index (χ1) is 12.3. The van der Waals surface area contributed by atoms with E-state index in [4.69, 9.17) is 0 Å². The van der Waals surface area contributed by atoms with Crippen LogP contribution in [0.1, 0.15) is 57.1 Å². The van der Waals surface area contributed by atoms with E-state index >= 15 is 0 Å². The smallest absolute Gasteiger partial charge is 0.324 e. The predicted molar refractivity (Wildman–Crippen MR) is 102 cm³/mol. The quantitative estimate of drug-likeness (QED) is 0.550. The monoisotopic (exact) mass is 359 g/mol. The molecule has 1 aliphatic heterocycles. The van der Waals surface area contributed by atoms with Crippen LogP contribution in [0.3, 0.4) is 0 Å². The second-order valence-electron chi connectivity index (χ2n) is 7.28. The predicted octanol–water partition coefficient (Wildman–Crippen LogP) is 3.52. The molecule has 0 spiro atoms. The number of benzene rings is 1. The van der Waals surface area contributed by atoms with Gasteiger partial charge in [-0.1, -0.05) is 50.8 Å². The third-order valence-corrected chi connectivity index (χ3v) is 4.92. The fraction of sp³-hybridized carbons (Fsp3) is 0.550. The first kappa shape index (κ1) is 19.9. The molecular formula is C20H29N3O3. The number of hydrogen-bond donors (Lipinski definition) is 2. The minimum absolute atomic E-state index is 0.275. The Kier molecular flexibility index (Phi) is 6.40. The van der Waals surface area contributed by atoms with Crippen LogP contribution in [0.25, 0.3) is 0 Å². The molecule has 0 radical (unpaired) electrons. The van der Waals surface area contributed by atoms with Crippen LogP contribution in [0.2, 0.25) is 0 Å². The average Bonchev–Trinajstić information content (AvgIpc) is 2.79. The Balaban J connectivity index is 1.99. The van der Waals surface area contributed by atoms with Crippen LogP contribution in [0, 0.1) is 13.8 Å². The molecule has 2 rings (SSSR count). The van der Waals surface area contributed by atoms with Crippen LogP contribution in [0.15, 0.2) is 18.2 Å². The fourth-order valence-corrected chi connectivity index (χ4v) is 3.30. The molecule has 1 saturated heterocycles. The molecule has 1 heterocycles. The van der Waals surface area contributed by atoms with E-state index in [0.29, 0.717) is 6.42 Å². The molecule has 1 aromatic rings. The second-order valence-corrected chi connectivity index (χ2v) is 7.28. The van der Waals surface area contributed by atoms with Crippen molar-refractivity contribution in [1.29, 1.82) is 0 Å². The van der Waals surface area contributed by atoms with Gasteiger partial charge in [0.25, 0.3) is 5.91 Å². The van der Waals surface area contributed by atoms with Crippen molar-refractivity contribution in [2.24, 2.45) is 0 Å². The number of carbonyl (C=O) groups is 3. The van der Waals surface area contributed by atoms with Crippen LogP contribution >= 0.6 is 0 Å². The molecular weight excluding hydrogens is 330 g/mol. The first-order valence-electron chi connectivity index (χ1n) is 9.28. The normalized spacial score (nSPS) is 19.6. The molecule has 0 bridgehead atoms. The summed E-state index contributed by atoms with van der Waals surface area (Å²) >= 11 is 0. The number of nitrogens with one attached hydrogen (secondary N) is 2. The molecule has 6 nitrogen and oxygen atoms in total. The summed E-state index contributed by atoms with van der Waals surface area (Å²) in [5.74, 6) is -0.697. The zero-order valence-corrected chi connectivity index (χ0v) is 16.1. The maximum absolute atomic E-state index is 12.7. The third-order valence-electron chi connectivity index (χ3n) is 4.92. The average molecular weight is 359 g/mol. The van der Waals surface area contributed by atoms with Crippen molar-refractivity contribution in [3.8, 4) is 0 Å². The Hall–Kier alpha value is -2.37. The Bertz CT molecular complexity index is 681. The Morgan fingerprint density at radius 1 is 1.15 bits per heavy atom. The van der Waals surface area contributed by atoms with Gasteiger partial charge in [0.2, 0.25) is 5.91 Å². The summed E-state index contributed by atoms with van der Waals surface area (Å²) in [7, 11) is 0. The Labute approximate surface area is 155 Å². The van der Waals surface area contributed by atoms with E-state index in [0.717, 1.165) is 47.4 Å².